The second-order valence-corrected chi connectivity index (χ2v) is 3.71. The SMILES string of the molecule is COCCNCc1cc(C)c(F)c(C)c1. The molecule has 0 saturated carbocycles. The van der Waals surface area contributed by atoms with Gasteiger partial charge in [-0.2, -0.15) is 0 Å². The van der Waals surface area contributed by atoms with E-state index in [1.807, 2.05) is 12.1 Å². The van der Waals surface area contributed by atoms with Crippen LogP contribution in [-0.4, -0.2) is 20.3 Å². The number of aryl methyl sites for hydroxylation is 2. The van der Waals surface area contributed by atoms with Gasteiger partial charge in [0.15, 0.2) is 0 Å². The summed E-state index contributed by atoms with van der Waals surface area (Å²) in [6.07, 6.45) is 0. The van der Waals surface area contributed by atoms with E-state index in [1.54, 1.807) is 21.0 Å². The van der Waals surface area contributed by atoms with E-state index in [0.717, 1.165) is 18.7 Å². The zero-order chi connectivity index (χ0) is 11.3. The Balaban J connectivity index is 2.55. The van der Waals surface area contributed by atoms with Crippen molar-refractivity contribution in [2.24, 2.45) is 0 Å². The van der Waals surface area contributed by atoms with Crippen molar-refractivity contribution in [3.05, 3.63) is 34.6 Å². The summed E-state index contributed by atoms with van der Waals surface area (Å²) in [4.78, 5) is 0. The van der Waals surface area contributed by atoms with Gasteiger partial charge in [0.05, 0.1) is 6.61 Å². The Labute approximate surface area is 90.4 Å². The fourth-order valence-electron chi connectivity index (χ4n) is 1.54. The number of rotatable bonds is 5. The Bertz CT molecular complexity index is 302. The lowest BCUT2D eigenvalue weighted by atomic mass is 10.1. The van der Waals surface area contributed by atoms with Crippen molar-refractivity contribution in [2.45, 2.75) is 20.4 Å². The predicted octanol–water partition coefficient (Wildman–Crippen LogP) is 2.18. The van der Waals surface area contributed by atoms with Crippen molar-refractivity contribution >= 4 is 0 Å². The van der Waals surface area contributed by atoms with E-state index in [9.17, 15) is 4.39 Å². The van der Waals surface area contributed by atoms with Crippen LogP contribution in [0, 0.1) is 19.7 Å². The molecule has 0 aromatic heterocycles. The van der Waals surface area contributed by atoms with Crippen LogP contribution < -0.4 is 5.32 Å². The Morgan fingerprint density at radius 3 is 2.40 bits per heavy atom. The minimum atomic E-state index is -0.101. The number of nitrogens with one attached hydrogen (secondary N) is 1. The van der Waals surface area contributed by atoms with Crippen LogP contribution in [0.3, 0.4) is 0 Å². The monoisotopic (exact) mass is 211 g/mol. The van der Waals surface area contributed by atoms with Crippen LogP contribution in [0.1, 0.15) is 16.7 Å². The average Bonchev–Trinajstić information content (AvgIpc) is 2.21. The van der Waals surface area contributed by atoms with E-state index < -0.39 is 0 Å². The summed E-state index contributed by atoms with van der Waals surface area (Å²) in [5.41, 5.74) is 2.53. The highest BCUT2D eigenvalue weighted by Crippen LogP contribution is 2.14. The molecule has 0 heterocycles. The molecule has 0 aliphatic heterocycles. The largest absolute Gasteiger partial charge is 0.383 e. The van der Waals surface area contributed by atoms with Gasteiger partial charge in [-0.3, -0.25) is 0 Å². The van der Waals surface area contributed by atoms with Crippen LogP contribution in [0.15, 0.2) is 12.1 Å². The quantitative estimate of drug-likeness (QED) is 0.754. The lowest BCUT2D eigenvalue weighted by Crippen LogP contribution is -2.18. The number of benzene rings is 1. The molecule has 0 fully saturated rings. The molecule has 0 unspecified atom stereocenters. The van der Waals surface area contributed by atoms with Gasteiger partial charge in [-0.05, 0) is 30.5 Å². The average molecular weight is 211 g/mol. The van der Waals surface area contributed by atoms with Crippen LogP contribution in [0.4, 0.5) is 4.39 Å². The number of hydrogen-bond donors (Lipinski definition) is 1. The zero-order valence-corrected chi connectivity index (χ0v) is 9.56. The number of halogens is 1. The first kappa shape index (κ1) is 12.1. The van der Waals surface area contributed by atoms with E-state index in [-0.39, 0.29) is 5.82 Å². The standard InChI is InChI=1S/C12H18FNO/c1-9-6-11(7-10(2)12(9)13)8-14-4-5-15-3/h6-7,14H,4-5,8H2,1-3H3. The third-order valence-corrected chi connectivity index (χ3v) is 2.31. The Morgan fingerprint density at radius 2 is 1.87 bits per heavy atom. The maximum absolute atomic E-state index is 13.3. The van der Waals surface area contributed by atoms with Crippen molar-refractivity contribution in [1.82, 2.24) is 5.32 Å². The maximum atomic E-state index is 13.3. The van der Waals surface area contributed by atoms with E-state index >= 15 is 0 Å². The first-order valence-electron chi connectivity index (χ1n) is 5.10. The van der Waals surface area contributed by atoms with Crippen LogP contribution in [0.5, 0.6) is 0 Å². The first-order valence-corrected chi connectivity index (χ1v) is 5.10. The topological polar surface area (TPSA) is 21.3 Å². The van der Waals surface area contributed by atoms with Crippen molar-refractivity contribution in [2.75, 3.05) is 20.3 Å². The third-order valence-electron chi connectivity index (χ3n) is 2.31. The molecule has 2 nitrogen and oxygen atoms in total. The molecular formula is C12H18FNO. The second kappa shape index (κ2) is 5.83. The minimum Gasteiger partial charge on any atom is -0.383 e. The molecule has 0 bridgehead atoms. The molecule has 1 aromatic rings. The number of hydrogen-bond acceptors (Lipinski definition) is 2. The van der Waals surface area contributed by atoms with E-state index in [4.69, 9.17) is 4.74 Å². The van der Waals surface area contributed by atoms with Crippen LogP contribution in [0.2, 0.25) is 0 Å². The molecule has 0 saturated heterocycles. The van der Waals surface area contributed by atoms with Gasteiger partial charge in [-0.1, -0.05) is 12.1 Å². The van der Waals surface area contributed by atoms with Gasteiger partial charge in [0.1, 0.15) is 5.82 Å². The fourth-order valence-corrected chi connectivity index (χ4v) is 1.54. The molecule has 1 N–H and O–H groups in total. The van der Waals surface area contributed by atoms with Crippen molar-refractivity contribution in [3.8, 4) is 0 Å². The van der Waals surface area contributed by atoms with E-state index in [2.05, 4.69) is 5.32 Å². The molecular weight excluding hydrogens is 193 g/mol. The molecule has 1 rings (SSSR count). The van der Waals surface area contributed by atoms with Crippen LogP contribution in [0.25, 0.3) is 0 Å². The predicted molar refractivity (Wildman–Crippen MR) is 59.5 cm³/mol. The molecule has 0 aliphatic rings. The fraction of sp³-hybridized carbons (Fsp3) is 0.500. The molecule has 0 spiro atoms. The normalized spacial score (nSPS) is 10.7. The van der Waals surface area contributed by atoms with Crippen molar-refractivity contribution < 1.29 is 9.13 Å². The molecule has 15 heavy (non-hydrogen) atoms. The van der Waals surface area contributed by atoms with Gasteiger partial charge >= 0.3 is 0 Å². The molecule has 3 heteroatoms. The van der Waals surface area contributed by atoms with Gasteiger partial charge in [0.2, 0.25) is 0 Å². The zero-order valence-electron chi connectivity index (χ0n) is 9.56. The first-order chi connectivity index (χ1) is 7.15. The summed E-state index contributed by atoms with van der Waals surface area (Å²) in [6, 6.07) is 3.75. The number of ether oxygens (including phenoxy) is 1. The Morgan fingerprint density at radius 1 is 1.27 bits per heavy atom. The summed E-state index contributed by atoms with van der Waals surface area (Å²) in [5, 5.41) is 3.23. The maximum Gasteiger partial charge on any atom is 0.129 e. The van der Waals surface area contributed by atoms with Crippen LogP contribution in [-0.2, 0) is 11.3 Å². The Kier molecular flexibility index (Phi) is 4.72. The Hall–Kier alpha value is -0.930. The highest BCUT2D eigenvalue weighted by atomic mass is 19.1. The van der Waals surface area contributed by atoms with E-state index in [0.29, 0.717) is 17.7 Å². The van der Waals surface area contributed by atoms with Gasteiger partial charge in [-0.25, -0.2) is 4.39 Å². The highest BCUT2D eigenvalue weighted by Gasteiger charge is 2.03. The summed E-state index contributed by atoms with van der Waals surface area (Å²) in [6.45, 7) is 5.85. The van der Waals surface area contributed by atoms with Crippen molar-refractivity contribution in [3.63, 3.8) is 0 Å². The summed E-state index contributed by atoms with van der Waals surface area (Å²) >= 11 is 0. The molecule has 0 aliphatic carbocycles. The van der Waals surface area contributed by atoms with Crippen molar-refractivity contribution in [1.29, 1.82) is 0 Å². The minimum absolute atomic E-state index is 0.101. The van der Waals surface area contributed by atoms with Gasteiger partial charge in [0, 0.05) is 20.2 Å². The third kappa shape index (κ3) is 3.61. The lowest BCUT2D eigenvalue weighted by Gasteiger charge is -2.08. The molecule has 0 radical (unpaired) electrons. The highest BCUT2D eigenvalue weighted by molar-refractivity contribution is 5.30. The van der Waals surface area contributed by atoms with Gasteiger partial charge < -0.3 is 10.1 Å². The van der Waals surface area contributed by atoms with Gasteiger partial charge in [0.25, 0.3) is 0 Å². The summed E-state index contributed by atoms with van der Waals surface area (Å²) in [7, 11) is 1.67. The lowest BCUT2D eigenvalue weighted by molar-refractivity contribution is 0.199. The number of methoxy groups -OCH3 is 1. The summed E-state index contributed by atoms with van der Waals surface area (Å²) < 4.78 is 18.2. The van der Waals surface area contributed by atoms with Gasteiger partial charge in [-0.15, -0.1) is 0 Å². The van der Waals surface area contributed by atoms with Crippen LogP contribution >= 0.6 is 0 Å². The summed E-state index contributed by atoms with van der Waals surface area (Å²) in [5.74, 6) is -0.101. The second-order valence-electron chi connectivity index (χ2n) is 3.71. The molecule has 0 amide bonds. The molecule has 0 atom stereocenters. The molecule has 84 valence electrons. The smallest absolute Gasteiger partial charge is 0.129 e. The van der Waals surface area contributed by atoms with E-state index in [1.165, 1.54) is 0 Å². The molecule has 1 aromatic carbocycles.